The fourth-order valence-corrected chi connectivity index (χ4v) is 2.88. The fourth-order valence-electron chi connectivity index (χ4n) is 2.17. The van der Waals surface area contributed by atoms with Crippen molar-refractivity contribution in [1.29, 1.82) is 0 Å². The number of aryl methyl sites for hydroxylation is 2. The highest BCUT2D eigenvalue weighted by molar-refractivity contribution is 14.0. The summed E-state index contributed by atoms with van der Waals surface area (Å²) >= 11 is 1.35. The average molecular weight is 473 g/mol. The van der Waals surface area contributed by atoms with Gasteiger partial charge in [0.25, 0.3) is 5.91 Å². The van der Waals surface area contributed by atoms with E-state index in [1.807, 2.05) is 19.1 Å². The zero-order chi connectivity index (χ0) is 17.4. The van der Waals surface area contributed by atoms with E-state index in [1.54, 1.807) is 12.6 Å². The third kappa shape index (κ3) is 6.62. The lowest BCUT2D eigenvalue weighted by Crippen LogP contribution is -2.41. The maximum absolute atomic E-state index is 12.0. The topological polar surface area (TPSA) is 78.4 Å². The molecule has 0 atom stereocenters. The van der Waals surface area contributed by atoms with Gasteiger partial charge in [-0.15, -0.1) is 35.3 Å². The Morgan fingerprint density at radius 1 is 1.16 bits per heavy atom. The van der Waals surface area contributed by atoms with Crippen molar-refractivity contribution in [2.45, 2.75) is 20.4 Å². The van der Waals surface area contributed by atoms with E-state index in [4.69, 9.17) is 0 Å². The minimum Gasteiger partial charge on any atom is -0.355 e. The number of hydrogen-bond donors (Lipinski definition) is 3. The standard InChI is InChI=1S/C17H23N5OS.HI/c1-12-6-4-5-7-14(12)10-21-17(18-3)20-9-8-19-16(23)15-13(2)22-11-24-15;/h4-7,11H,8-10H2,1-3H3,(H,19,23)(H2,18,20,21);1H. The van der Waals surface area contributed by atoms with Gasteiger partial charge in [0.1, 0.15) is 4.88 Å². The summed E-state index contributed by atoms with van der Waals surface area (Å²) in [6.07, 6.45) is 0. The SMILES string of the molecule is CN=C(NCCNC(=O)c1scnc1C)NCc1ccccc1C.I. The van der Waals surface area contributed by atoms with Gasteiger partial charge in [-0.2, -0.15) is 0 Å². The van der Waals surface area contributed by atoms with Crippen LogP contribution in [0.2, 0.25) is 0 Å². The van der Waals surface area contributed by atoms with Gasteiger partial charge in [0.2, 0.25) is 0 Å². The van der Waals surface area contributed by atoms with Crippen molar-refractivity contribution in [3.63, 3.8) is 0 Å². The maximum Gasteiger partial charge on any atom is 0.263 e. The Bertz CT molecular complexity index is 717. The highest BCUT2D eigenvalue weighted by Gasteiger charge is 2.10. The van der Waals surface area contributed by atoms with Crippen LogP contribution in [0.5, 0.6) is 0 Å². The number of halogens is 1. The molecule has 8 heteroatoms. The van der Waals surface area contributed by atoms with Crippen molar-refractivity contribution in [2.24, 2.45) is 4.99 Å². The molecular formula is C17H24IN5OS. The largest absolute Gasteiger partial charge is 0.355 e. The number of aliphatic imine (C=N–C) groups is 1. The van der Waals surface area contributed by atoms with Gasteiger partial charge in [-0.1, -0.05) is 24.3 Å². The van der Waals surface area contributed by atoms with Crippen LogP contribution >= 0.6 is 35.3 Å². The van der Waals surface area contributed by atoms with Crippen molar-refractivity contribution < 1.29 is 4.79 Å². The molecule has 0 radical (unpaired) electrons. The first-order chi connectivity index (χ1) is 11.6. The number of carbonyl (C=O) groups is 1. The molecule has 0 aliphatic rings. The number of guanidine groups is 1. The second-order valence-electron chi connectivity index (χ2n) is 5.30. The molecule has 0 bridgehead atoms. The first kappa shape index (κ1) is 21.4. The third-order valence-electron chi connectivity index (χ3n) is 3.59. The fraction of sp³-hybridized carbons (Fsp3) is 0.353. The highest BCUT2D eigenvalue weighted by Crippen LogP contribution is 2.11. The van der Waals surface area contributed by atoms with E-state index >= 15 is 0 Å². The van der Waals surface area contributed by atoms with Crippen LogP contribution in [0.1, 0.15) is 26.5 Å². The number of amides is 1. The lowest BCUT2D eigenvalue weighted by molar-refractivity contribution is 0.0957. The molecule has 0 aliphatic carbocycles. The van der Waals surface area contributed by atoms with Gasteiger partial charge in [-0.05, 0) is 25.0 Å². The van der Waals surface area contributed by atoms with E-state index in [2.05, 4.69) is 45.0 Å². The number of rotatable bonds is 6. The molecule has 3 N–H and O–H groups in total. The molecule has 1 heterocycles. The highest BCUT2D eigenvalue weighted by atomic mass is 127. The quantitative estimate of drug-likeness (QED) is 0.261. The van der Waals surface area contributed by atoms with E-state index in [0.29, 0.717) is 30.5 Å². The van der Waals surface area contributed by atoms with E-state index in [-0.39, 0.29) is 29.9 Å². The summed E-state index contributed by atoms with van der Waals surface area (Å²) in [6, 6.07) is 8.23. The third-order valence-corrected chi connectivity index (χ3v) is 4.51. The van der Waals surface area contributed by atoms with Crippen molar-refractivity contribution in [2.75, 3.05) is 20.1 Å². The predicted molar refractivity (Wildman–Crippen MR) is 114 cm³/mol. The first-order valence-corrected chi connectivity index (χ1v) is 8.67. The van der Waals surface area contributed by atoms with Crippen LogP contribution in [0.4, 0.5) is 0 Å². The Hall–Kier alpha value is -1.68. The Morgan fingerprint density at radius 3 is 2.52 bits per heavy atom. The molecule has 136 valence electrons. The van der Waals surface area contributed by atoms with E-state index in [1.165, 1.54) is 22.5 Å². The molecule has 1 aromatic heterocycles. The molecule has 25 heavy (non-hydrogen) atoms. The van der Waals surface area contributed by atoms with Gasteiger partial charge >= 0.3 is 0 Å². The molecule has 2 rings (SSSR count). The van der Waals surface area contributed by atoms with E-state index < -0.39 is 0 Å². The van der Waals surface area contributed by atoms with Crippen LogP contribution in [0.25, 0.3) is 0 Å². The van der Waals surface area contributed by atoms with Crippen molar-refractivity contribution in [1.82, 2.24) is 20.9 Å². The molecule has 0 unspecified atom stereocenters. The minimum atomic E-state index is -0.0837. The van der Waals surface area contributed by atoms with Gasteiger partial charge in [0.15, 0.2) is 5.96 Å². The van der Waals surface area contributed by atoms with Crippen LogP contribution in [0, 0.1) is 13.8 Å². The molecule has 2 aromatic rings. The number of carbonyl (C=O) groups excluding carboxylic acids is 1. The normalized spacial score (nSPS) is 10.8. The molecule has 0 fully saturated rings. The zero-order valence-electron chi connectivity index (χ0n) is 14.6. The molecule has 6 nitrogen and oxygen atoms in total. The molecule has 0 saturated carbocycles. The van der Waals surface area contributed by atoms with Crippen molar-refractivity contribution in [3.8, 4) is 0 Å². The van der Waals surface area contributed by atoms with E-state index in [0.717, 1.165) is 5.69 Å². The molecule has 0 spiro atoms. The Kier molecular flexibility index (Phi) is 9.43. The molecule has 1 amide bonds. The number of thiazole rings is 1. The Labute approximate surface area is 169 Å². The lowest BCUT2D eigenvalue weighted by atomic mass is 10.1. The molecule has 1 aromatic carbocycles. The minimum absolute atomic E-state index is 0. The lowest BCUT2D eigenvalue weighted by Gasteiger charge is -2.13. The first-order valence-electron chi connectivity index (χ1n) is 7.79. The van der Waals surface area contributed by atoms with Crippen molar-refractivity contribution in [3.05, 3.63) is 51.5 Å². The number of nitrogens with zero attached hydrogens (tertiary/aromatic N) is 2. The second-order valence-corrected chi connectivity index (χ2v) is 6.16. The van der Waals surface area contributed by atoms with Crippen LogP contribution in [0.3, 0.4) is 0 Å². The smallest absolute Gasteiger partial charge is 0.263 e. The summed E-state index contributed by atoms with van der Waals surface area (Å²) in [6.45, 7) is 5.74. The summed E-state index contributed by atoms with van der Waals surface area (Å²) < 4.78 is 0. The summed E-state index contributed by atoms with van der Waals surface area (Å²) in [5, 5.41) is 9.33. The average Bonchev–Trinajstić information content (AvgIpc) is 3.01. The zero-order valence-corrected chi connectivity index (χ0v) is 17.8. The monoisotopic (exact) mass is 473 g/mol. The Morgan fingerprint density at radius 2 is 1.88 bits per heavy atom. The van der Waals surface area contributed by atoms with Crippen LogP contribution in [-0.2, 0) is 6.54 Å². The molecule has 0 aliphatic heterocycles. The Balaban J connectivity index is 0.00000312. The second kappa shape index (κ2) is 11.0. The molecule has 0 saturated heterocycles. The summed E-state index contributed by atoms with van der Waals surface area (Å²) in [4.78, 5) is 20.9. The predicted octanol–water partition coefficient (Wildman–Crippen LogP) is 2.47. The van der Waals surface area contributed by atoms with Gasteiger partial charge in [-0.3, -0.25) is 9.79 Å². The van der Waals surface area contributed by atoms with E-state index in [9.17, 15) is 4.79 Å². The van der Waals surface area contributed by atoms with Crippen LogP contribution in [0.15, 0.2) is 34.8 Å². The maximum atomic E-state index is 12.0. The van der Waals surface area contributed by atoms with Gasteiger partial charge in [0.05, 0.1) is 11.2 Å². The van der Waals surface area contributed by atoms with Crippen molar-refractivity contribution >= 4 is 47.2 Å². The molecular weight excluding hydrogens is 449 g/mol. The number of hydrogen-bond acceptors (Lipinski definition) is 4. The van der Waals surface area contributed by atoms with Gasteiger partial charge in [-0.25, -0.2) is 4.98 Å². The number of nitrogens with one attached hydrogen (secondary N) is 3. The summed E-state index contributed by atoms with van der Waals surface area (Å²) in [5.41, 5.74) is 4.92. The van der Waals surface area contributed by atoms with Crippen LogP contribution in [-0.4, -0.2) is 37.0 Å². The summed E-state index contributed by atoms with van der Waals surface area (Å²) in [5.74, 6) is 0.626. The summed E-state index contributed by atoms with van der Waals surface area (Å²) in [7, 11) is 1.73. The van der Waals surface area contributed by atoms with Gasteiger partial charge < -0.3 is 16.0 Å². The van der Waals surface area contributed by atoms with Crippen LogP contribution < -0.4 is 16.0 Å². The number of aromatic nitrogens is 1. The van der Waals surface area contributed by atoms with Gasteiger partial charge in [0, 0.05) is 26.7 Å². The number of benzene rings is 1.